The molecule has 1 amide bonds. The highest BCUT2D eigenvalue weighted by Gasteiger charge is 2.11. The third-order valence-corrected chi connectivity index (χ3v) is 1.73. The van der Waals surface area contributed by atoms with Crippen LogP contribution in [0.5, 0.6) is 0 Å². The maximum Gasteiger partial charge on any atom is 0.287 e. The first kappa shape index (κ1) is 10.1. The number of nitrogens with one attached hydrogen (secondary N) is 1. The van der Waals surface area contributed by atoms with Gasteiger partial charge < -0.3 is 15.5 Å². The zero-order valence-corrected chi connectivity index (χ0v) is 7.97. The van der Waals surface area contributed by atoms with E-state index in [0.717, 1.165) is 0 Å². The molecule has 0 saturated heterocycles. The van der Waals surface area contributed by atoms with Crippen molar-refractivity contribution < 1.29 is 9.21 Å². The number of hydrogen-bond acceptors (Lipinski definition) is 3. The van der Waals surface area contributed by atoms with Gasteiger partial charge in [0.2, 0.25) is 0 Å². The number of amides is 1. The number of halogens is 1. The molecule has 0 bridgehead atoms. The van der Waals surface area contributed by atoms with Gasteiger partial charge in [0.05, 0.1) is 0 Å². The van der Waals surface area contributed by atoms with Crippen molar-refractivity contribution in [3.63, 3.8) is 0 Å². The van der Waals surface area contributed by atoms with E-state index < -0.39 is 0 Å². The van der Waals surface area contributed by atoms with Crippen LogP contribution in [0.3, 0.4) is 0 Å². The summed E-state index contributed by atoms with van der Waals surface area (Å²) in [5.74, 6) is -0.102. The second-order valence-electron chi connectivity index (χ2n) is 2.71. The van der Waals surface area contributed by atoms with Gasteiger partial charge >= 0.3 is 0 Å². The van der Waals surface area contributed by atoms with Gasteiger partial charge in [-0.25, -0.2) is 0 Å². The van der Waals surface area contributed by atoms with Crippen LogP contribution in [0.15, 0.2) is 16.5 Å². The average Bonchev–Trinajstić information content (AvgIpc) is 2.51. The van der Waals surface area contributed by atoms with Crippen LogP contribution in [-0.4, -0.2) is 18.5 Å². The molecular weight excluding hydrogens is 192 g/mol. The van der Waals surface area contributed by atoms with Crippen molar-refractivity contribution in [2.45, 2.75) is 13.0 Å². The zero-order chi connectivity index (χ0) is 9.84. The lowest BCUT2D eigenvalue weighted by Gasteiger charge is -2.08. The third-order valence-electron chi connectivity index (χ3n) is 1.53. The van der Waals surface area contributed by atoms with Crippen LogP contribution in [0.4, 0.5) is 0 Å². The van der Waals surface area contributed by atoms with Crippen LogP contribution in [-0.2, 0) is 0 Å². The minimum Gasteiger partial charge on any atom is -0.440 e. The summed E-state index contributed by atoms with van der Waals surface area (Å²) in [7, 11) is 0. The molecule has 0 fully saturated rings. The maximum atomic E-state index is 11.3. The molecule has 0 aromatic carbocycles. The number of carbonyl (C=O) groups excluding carboxylic acids is 1. The van der Waals surface area contributed by atoms with Crippen molar-refractivity contribution in [1.29, 1.82) is 0 Å². The van der Waals surface area contributed by atoms with Crippen molar-refractivity contribution in [3.8, 4) is 0 Å². The Morgan fingerprint density at radius 3 is 2.92 bits per heavy atom. The Bertz CT molecular complexity index is 298. The van der Waals surface area contributed by atoms with E-state index in [1.165, 1.54) is 12.1 Å². The van der Waals surface area contributed by atoms with Gasteiger partial charge in [-0.05, 0) is 30.7 Å². The Kier molecular flexibility index (Phi) is 3.33. The first-order chi connectivity index (χ1) is 6.13. The van der Waals surface area contributed by atoms with Crippen LogP contribution in [0, 0.1) is 0 Å². The van der Waals surface area contributed by atoms with Crippen LogP contribution < -0.4 is 11.1 Å². The molecule has 72 valence electrons. The summed E-state index contributed by atoms with van der Waals surface area (Å²) in [5, 5.41) is 2.84. The van der Waals surface area contributed by atoms with Crippen LogP contribution in [0.1, 0.15) is 17.5 Å². The Morgan fingerprint density at radius 1 is 1.77 bits per heavy atom. The zero-order valence-electron chi connectivity index (χ0n) is 7.21. The lowest BCUT2D eigenvalue weighted by Crippen LogP contribution is -2.37. The molecule has 0 aliphatic rings. The molecule has 5 heteroatoms. The standard InChI is InChI=1S/C8H11ClN2O2/c1-5(4-10)11-8(12)6-2-3-7(9)13-6/h2-3,5H,4,10H2,1H3,(H,11,12). The molecule has 0 aliphatic carbocycles. The molecule has 0 spiro atoms. The van der Waals surface area contributed by atoms with Gasteiger partial charge in [0, 0.05) is 12.6 Å². The molecule has 0 saturated carbocycles. The predicted molar refractivity (Wildman–Crippen MR) is 49.7 cm³/mol. The van der Waals surface area contributed by atoms with Gasteiger partial charge in [-0.1, -0.05) is 0 Å². The van der Waals surface area contributed by atoms with Gasteiger partial charge in [-0.3, -0.25) is 4.79 Å². The van der Waals surface area contributed by atoms with E-state index in [2.05, 4.69) is 5.32 Å². The topological polar surface area (TPSA) is 68.3 Å². The second-order valence-corrected chi connectivity index (χ2v) is 3.09. The van der Waals surface area contributed by atoms with Crippen molar-refractivity contribution in [1.82, 2.24) is 5.32 Å². The Balaban J connectivity index is 2.58. The highest BCUT2D eigenvalue weighted by atomic mass is 35.5. The first-order valence-corrected chi connectivity index (χ1v) is 4.27. The first-order valence-electron chi connectivity index (χ1n) is 3.89. The molecule has 1 atom stereocenters. The van der Waals surface area contributed by atoms with E-state index >= 15 is 0 Å². The predicted octanol–water partition coefficient (Wildman–Crippen LogP) is 1.01. The molecule has 1 aromatic rings. The Morgan fingerprint density at radius 2 is 2.46 bits per heavy atom. The molecule has 1 heterocycles. The van der Waals surface area contributed by atoms with Crippen LogP contribution in [0.2, 0.25) is 5.22 Å². The summed E-state index contributed by atoms with van der Waals surface area (Å²) in [5.41, 5.74) is 5.33. The summed E-state index contributed by atoms with van der Waals surface area (Å²) in [4.78, 5) is 11.3. The van der Waals surface area contributed by atoms with Gasteiger partial charge in [-0.2, -0.15) is 0 Å². The van der Waals surface area contributed by atoms with E-state index in [9.17, 15) is 4.79 Å². The highest BCUT2D eigenvalue weighted by molar-refractivity contribution is 6.29. The van der Waals surface area contributed by atoms with Gasteiger partial charge in [-0.15, -0.1) is 0 Å². The fourth-order valence-electron chi connectivity index (χ4n) is 0.790. The van der Waals surface area contributed by atoms with E-state index in [-0.39, 0.29) is 22.9 Å². The van der Waals surface area contributed by atoms with Gasteiger partial charge in [0.25, 0.3) is 5.91 Å². The summed E-state index contributed by atoms with van der Waals surface area (Å²) in [6, 6.07) is 2.96. The fraction of sp³-hybridized carbons (Fsp3) is 0.375. The Hall–Kier alpha value is -1.00. The minimum atomic E-state index is -0.301. The van der Waals surface area contributed by atoms with E-state index in [4.69, 9.17) is 21.8 Å². The molecule has 1 aromatic heterocycles. The molecule has 3 N–H and O–H groups in total. The van der Waals surface area contributed by atoms with Gasteiger partial charge in [0.1, 0.15) is 0 Å². The maximum absolute atomic E-state index is 11.3. The highest BCUT2D eigenvalue weighted by Crippen LogP contribution is 2.12. The average molecular weight is 203 g/mol. The van der Waals surface area contributed by atoms with E-state index in [1.54, 1.807) is 0 Å². The summed E-state index contributed by atoms with van der Waals surface area (Å²) in [6.07, 6.45) is 0. The number of furan rings is 1. The molecular formula is C8H11ClN2O2. The number of rotatable bonds is 3. The monoisotopic (exact) mass is 202 g/mol. The van der Waals surface area contributed by atoms with Crippen molar-refractivity contribution >= 4 is 17.5 Å². The summed E-state index contributed by atoms with van der Waals surface area (Å²) >= 11 is 5.50. The lowest BCUT2D eigenvalue weighted by atomic mass is 10.3. The normalized spacial score (nSPS) is 12.5. The third kappa shape index (κ3) is 2.75. The fourth-order valence-corrected chi connectivity index (χ4v) is 0.936. The number of nitrogens with two attached hydrogens (primary N) is 1. The molecule has 1 unspecified atom stereocenters. The van der Waals surface area contributed by atoms with Crippen molar-refractivity contribution in [3.05, 3.63) is 23.1 Å². The van der Waals surface area contributed by atoms with Gasteiger partial charge in [0.15, 0.2) is 11.0 Å². The van der Waals surface area contributed by atoms with Crippen LogP contribution in [0.25, 0.3) is 0 Å². The van der Waals surface area contributed by atoms with Crippen molar-refractivity contribution in [2.24, 2.45) is 5.73 Å². The molecule has 0 radical (unpaired) electrons. The molecule has 1 rings (SSSR count). The number of hydrogen-bond donors (Lipinski definition) is 2. The molecule has 0 aliphatic heterocycles. The van der Waals surface area contributed by atoms with Crippen molar-refractivity contribution in [2.75, 3.05) is 6.54 Å². The summed E-state index contributed by atoms with van der Waals surface area (Å²) in [6.45, 7) is 2.20. The van der Waals surface area contributed by atoms with E-state index in [1.807, 2.05) is 6.92 Å². The quantitative estimate of drug-likeness (QED) is 0.769. The second kappa shape index (κ2) is 4.30. The number of carbonyl (C=O) groups is 1. The molecule has 13 heavy (non-hydrogen) atoms. The molecule has 4 nitrogen and oxygen atoms in total. The minimum absolute atomic E-state index is 0.0728. The lowest BCUT2D eigenvalue weighted by molar-refractivity contribution is 0.0913. The van der Waals surface area contributed by atoms with E-state index in [0.29, 0.717) is 6.54 Å². The summed E-state index contributed by atoms with van der Waals surface area (Å²) < 4.78 is 4.90. The largest absolute Gasteiger partial charge is 0.440 e. The Labute approximate surface area is 81.0 Å². The van der Waals surface area contributed by atoms with Crippen LogP contribution >= 0.6 is 11.6 Å². The smallest absolute Gasteiger partial charge is 0.287 e. The SMILES string of the molecule is CC(CN)NC(=O)c1ccc(Cl)o1.